The van der Waals surface area contributed by atoms with Gasteiger partial charge in [-0.25, -0.2) is 4.98 Å². The van der Waals surface area contributed by atoms with Gasteiger partial charge in [-0.15, -0.1) is 0 Å². The zero-order chi connectivity index (χ0) is 22.7. The van der Waals surface area contributed by atoms with Crippen LogP contribution in [-0.4, -0.2) is 42.2 Å². The molecule has 0 saturated carbocycles. The van der Waals surface area contributed by atoms with Crippen LogP contribution in [0.1, 0.15) is 20.8 Å². The number of rotatable bonds is 4. The highest BCUT2D eigenvalue weighted by Gasteiger charge is 2.30. The summed E-state index contributed by atoms with van der Waals surface area (Å²) in [6.07, 6.45) is -2.86. The number of nitrogens with one attached hydrogen (secondary N) is 1. The van der Waals surface area contributed by atoms with Gasteiger partial charge in [-0.05, 0) is 36.4 Å². The average Bonchev–Trinajstić information content (AvgIpc) is 3.22. The van der Waals surface area contributed by atoms with Gasteiger partial charge < -0.3 is 9.64 Å². The number of nitriles is 1. The molecule has 0 radical (unpaired) electrons. The molecule has 3 heterocycles. The molecule has 1 N–H and O–H groups in total. The van der Waals surface area contributed by atoms with Crippen LogP contribution in [-0.2, 0) is 10.9 Å². The summed E-state index contributed by atoms with van der Waals surface area (Å²) in [5.74, 6) is -0.626. The monoisotopic (exact) mass is 459 g/mol. The summed E-state index contributed by atoms with van der Waals surface area (Å²) in [5.41, 5.74) is 0.932. The zero-order valence-corrected chi connectivity index (χ0v) is 17.3. The second-order valence-electron chi connectivity index (χ2n) is 6.84. The van der Waals surface area contributed by atoms with Crippen molar-refractivity contribution in [1.82, 2.24) is 9.97 Å². The maximum Gasteiger partial charge on any atom is 0.416 e. The van der Waals surface area contributed by atoms with Gasteiger partial charge >= 0.3 is 6.18 Å². The molecular formula is C21H16F3N5O2S. The van der Waals surface area contributed by atoms with Crippen LogP contribution in [0.5, 0.6) is 0 Å². The van der Waals surface area contributed by atoms with E-state index in [0.29, 0.717) is 24.6 Å². The molecule has 11 heteroatoms. The van der Waals surface area contributed by atoms with Gasteiger partial charge in [0.15, 0.2) is 5.13 Å². The lowest BCUT2D eigenvalue weighted by Crippen LogP contribution is -2.36. The molecule has 3 aromatic rings. The van der Waals surface area contributed by atoms with Crippen molar-refractivity contribution in [2.45, 2.75) is 6.18 Å². The van der Waals surface area contributed by atoms with Crippen LogP contribution >= 0.6 is 11.3 Å². The average molecular weight is 459 g/mol. The quantitative estimate of drug-likeness (QED) is 0.629. The van der Waals surface area contributed by atoms with Crippen molar-refractivity contribution in [2.75, 3.05) is 36.5 Å². The Kier molecular flexibility index (Phi) is 6.07. The molecular weight excluding hydrogens is 443 g/mol. The molecule has 0 bridgehead atoms. The molecule has 32 heavy (non-hydrogen) atoms. The second kappa shape index (κ2) is 8.94. The maximum absolute atomic E-state index is 12.7. The first kappa shape index (κ1) is 21.7. The molecule has 0 spiro atoms. The smallest absolute Gasteiger partial charge is 0.378 e. The molecule has 1 saturated heterocycles. The van der Waals surface area contributed by atoms with E-state index in [1.807, 2.05) is 12.1 Å². The first-order valence-electron chi connectivity index (χ1n) is 9.54. The summed E-state index contributed by atoms with van der Waals surface area (Å²) in [6.45, 7) is 2.72. The van der Waals surface area contributed by atoms with Crippen LogP contribution < -0.4 is 10.2 Å². The summed E-state index contributed by atoms with van der Waals surface area (Å²) in [4.78, 5) is 23.5. The Morgan fingerprint density at radius 1 is 1.19 bits per heavy atom. The minimum Gasteiger partial charge on any atom is -0.378 e. The third-order valence-electron chi connectivity index (χ3n) is 4.79. The van der Waals surface area contributed by atoms with Crippen LogP contribution in [0.2, 0.25) is 0 Å². The van der Waals surface area contributed by atoms with Gasteiger partial charge in [-0.1, -0.05) is 11.3 Å². The van der Waals surface area contributed by atoms with Crippen molar-refractivity contribution in [3.63, 3.8) is 0 Å². The van der Waals surface area contributed by atoms with Crippen molar-refractivity contribution >= 4 is 28.1 Å². The number of hydrogen-bond acceptors (Lipinski definition) is 7. The number of hydrogen-bond donors (Lipinski definition) is 1. The maximum atomic E-state index is 12.7. The Labute approximate surface area is 185 Å². The van der Waals surface area contributed by atoms with E-state index in [2.05, 4.69) is 26.3 Å². The standard InChI is InChI=1S/C21H16F3N5O2S/c22-21(23,24)14-3-1-13(2-4-14)19(30)28-20-27-18(17(12-25)32-20)16-11-15(5-6-26-16)29-7-9-31-10-8-29/h1-6,11H,7-10H2,(H,27,28,30). The molecule has 1 amide bonds. The molecule has 0 unspecified atom stereocenters. The van der Waals surface area contributed by atoms with Crippen LogP contribution in [0.15, 0.2) is 42.6 Å². The van der Waals surface area contributed by atoms with E-state index >= 15 is 0 Å². The number of anilines is 2. The fourth-order valence-electron chi connectivity index (χ4n) is 3.17. The topological polar surface area (TPSA) is 91.1 Å². The minimum absolute atomic E-state index is 0.0423. The molecule has 7 nitrogen and oxygen atoms in total. The van der Waals surface area contributed by atoms with Gasteiger partial charge in [-0.3, -0.25) is 15.1 Å². The number of amides is 1. The number of halogens is 3. The van der Waals surface area contributed by atoms with E-state index < -0.39 is 17.6 Å². The summed E-state index contributed by atoms with van der Waals surface area (Å²) in [6, 6.07) is 9.59. The van der Waals surface area contributed by atoms with Crippen molar-refractivity contribution in [3.05, 3.63) is 58.6 Å². The van der Waals surface area contributed by atoms with E-state index in [9.17, 15) is 23.2 Å². The molecule has 4 rings (SSSR count). The van der Waals surface area contributed by atoms with Crippen LogP contribution in [0.4, 0.5) is 24.0 Å². The van der Waals surface area contributed by atoms with Crippen molar-refractivity contribution in [1.29, 1.82) is 5.26 Å². The van der Waals surface area contributed by atoms with Gasteiger partial charge in [0.2, 0.25) is 0 Å². The Bertz CT molecular complexity index is 1170. The van der Waals surface area contributed by atoms with Crippen LogP contribution in [0.3, 0.4) is 0 Å². The highest BCUT2D eigenvalue weighted by molar-refractivity contribution is 7.16. The third-order valence-corrected chi connectivity index (χ3v) is 5.66. The van der Waals surface area contributed by atoms with Gasteiger partial charge in [0, 0.05) is 30.5 Å². The van der Waals surface area contributed by atoms with Gasteiger partial charge in [0.25, 0.3) is 5.91 Å². The van der Waals surface area contributed by atoms with E-state index in [1.165, 1.54) is 0 Å². The van der Waals surface area contributed by atoms with E-state index in [-0.39, 0.29) is 15.6 Å². The zero-order valence-electron chi connectivity index (χ0n) is 16.5. The SMILES string of the molecule is N#Cc1sc(NC(=O)c2ccc(C(F)(F)F)cc2)nc1-c1cc(N2CCOCC2)ccn1. The van der Waals surface area contributed by atoms with Gasteiger partial charge in [0.1, 0.15) is 16.6 Å². The third kappa shape index (κ3) is 4.71. The molecule has 0 aliphatic carbocycles. The summed E-state index contributed by atoms with van der Waals surface area (Å²) < 4.78 is 43.5. The number of carbonyl (C=O) groups excluding carboxylic acids is 1. The molecule has 164 valence electrons. The van der Waals surface area contributed by atoms with E-state index in [4.69, 9.17) is 4.74 Å². The molecule has 1 aromatic carbocycles. The van der Waals surface area contributed by atoms with E-state index in [1.54, 1.807) is 6.20 Å². The lowest BCUT2D eigenvalue weighted by Gasteiger charge is -2.28. The van der Waals surface area contributed by atoms with E-state index in [0.717, 1.165) is 54.4 Å². The lowest BCUT2D eigenvalue weighted by molar-refractivity contribution is -0.137. The Balaban J connectivity index is 1.55. The number of morpholine rings is 1. The predicted molar refractivity (Wildman–Crippen MR) is 112 cm³/mol. The van der Waals surface area contributed by atoms with Crippen molar-refractivity contribution in [2.24, 2.45) is 0 Å². The summed E-state index contributed by atoms with van der Waals surface area (Å²) in [7, 11) is 0. The Morgan fingerprint density at radius 2 is 1.91 bits per heavy atom. The number of alkyl halides is 3. The van der Waals surface area contributed by atoms with Crippen LogP contribution in [0, 0.1) is 11.3 Å². The molecule has 1 aliphatic rings. The molecule has 1 aliphatic heterocycles. The Hall–Kier alpha value is -3.49. The second-order valence-corrected chi connectivity index (χ2v) is 7.84. The number of thiazole rings is 1. The first-order valence-corrected chi connectivity index (χ1v) is 10.4. The highest BCUT2D eigenvalue weighted by atomic mass is 32.1. The molecule has 2 aromatic heterocycles. The normalized spacial score (nSPS) is 14.1. The Morgan fingerprint density at radius 3 is 2.56 bits per heavy atom. The van der Waals surface area contributed by atoms with Crippen LogP contribution in [0.25, 0.3) is 11.4 Å². The summed E-state index contributed by atoms with van der Waals surface area (Å²) >= 11 is 0.968. The molecule has 0 atom stereocenters. The van der Waals surface area contributed by atoms with Gasteiger partial charge in [0.05, 0.1) is 24.5 Å². The number of benzene rings is 1. The van der Waals surface area contributed by atoms with Crippen molar-refractivity contribution in [3.8, 4) is 17.5 Å². The fraction of sp³-hybridized carbons (Fsp3) is 0.238. The van der Waals surface area contributed by atoms with Crippen molar-refractivity contribution < 1.29 is 22.7 Å². The largest absolute Gasteiger partial charge is 0.416 e. The number of ether oxygens (including phenoxy) is 1. The first-order chi connectivity index (χ1) is 15.3. The number of aromatic nitrogens is 2. The predicted octanol–water partition coefficient (Wildman–Crippen LogP) is 4.18. The highest BCUT2D eigenvalue weighted by Crippen LogP contribution is 2.32. The lowest BCUT2D eigenvalue weighted by atomic mass is 10.1. The number of pyridine rings is 1. The summed E-state index contributed by atoms with van der Waals surface area (Å²) in [5, 5.41) is 12.2. The van der Waals surface area contributed by atoms with Gasteiger partial charge in [-0.2, -0.15) is 18.4 Å². The molecule has 1 fully saturated rings. The minimum atomic E-state index is -4.48. The number of carbonyl (C=O) groups is 1. The fourth-order valence-corrected chi connectivity index (χ4v) is 3.94. The number of nitrogens with zero attached hydrogens (tertiary/aromatic N) is 4.